The highest BCUT2D eigenvalue weighted by molar-refractivity contribution is 8.01. The maximum Gasteiger partial charge on any atom is 0.230 e. The molecule has 20 heavy (non-hydrogen) atoms. The van der Waals surface area contributed by atoms with Crippen LogP contribution < -0.4 is 0 Å². The van der Waals surface area contributed by atoms with Crippen LogP contribution in [0.2, 0.25) is 0 Å². The Morgan fingerprint density at radius 2 is 2.20 bits per heavy atom. The van der Waals surface area contributed by atoms with E-state index in [1.54, 1.807) is 0 Å². The quantitative estimate of drug-likeness (QED) is 0.665. The monoisotopic (exact) mass is 295 g/mol. The highest BCUT2D eigenvalue weighted by atomic mass is 32.2. The number of nitrogens with zero attached hydrogens (tertiary/aromatic N) is 4. The van der Waals surface area contributed by atoms with Gasteiger partial charge < -0.3 is 4.90 Å². The van der Waals surface area contributed by atoms with E-state index in [1.165, 1.54) is 12.8 Å². The van der Waals surface area contributed by atoms with Gasteiger partial charge in [-0.2, -0.15) is 5.21 Å². The zero-order chi connectivity index (χ0) is 14.3. The molecule has 1 amide bonds. The van der Waals surface area contributed by atoms with E-state index in [2.05, 4.69) is 41.4 Å². The van der Waals surface area contributed by atoms with E-state index in [0.717, 1.165) is 12.8 Å². The number of amides is 1. The van der Waals surface area contributed by atoms with Crippen molar-refractivity contribution in [2.24, 2.45) is 5.92 Å². The number of nitrogens with one attached hydrogen (secondary N) is 1. The topological polar surface area (TPSA) is 74.8 Å². The summed E-state index contributed by atoms with van der Waals surface area (Å²) >= 11 is 1.88. The number of fused-ring (bicyclic) bond motifs is 1. The summed E-state index contributed by atoms with van der Waals surface area (Å²) in [5.41, 5.74) is 0. The summed E-state index contributed by atoms with van der Waals surface area (Å²) in [5, 5.41) is 14.6. The van der Waals surface area contributed by atoms with Crippen molar-refractivity contribution in [3.05, 3.63) is 5.82 Å². The molecule has 0 aliphatic carbocycles. The van der Waals surface area contributed by atoms with Crippen LogP contribution in [0.15, 0.2) is 0 Å². The molecule has 3 atom stereocenters. The largest absolute Gasteiger partial charge is 0.318 e. The van der Waals surface area contributed by atoms with E-state index in [1.807, 2.05) is 16.7 Å². The molecule has 3 heterocycles. The molecule has 0 aromatic carbocycles. The van der Waals surface area contributed by atoms with Crippen molar-refractivity contribution in [1.29, 1.82) is 0 Å². The molecule has 110 valence electrons. The Bertz CT molecular complexity index is 489. The number of hydrogen-bond acceptors (Lipinski definition) is 5. The minimum Gasteiger partial charge on any atom is -0.318 e. The van der Waals surface area contributed by atoms with Crippen molar-refractivity contribution in [2.45, 2.75) is 62.6 Å². The van der Waals surface area contributed by atoms with Gasteiger partial charge >= 0.3 is 0 Å². The SMILES string of the molecule is CCCCCC1C(=O)N2C(c3nn[nH]n3)C(C)(C)S[C@@H]12. The van der Waals surface area contributed by atoms with Crippen LogP contribution in [-0.4, -0.2) is 41.6 Å². The van der Waals surface area contributed by atoms with Crippen LogP contribution in [0.5, 0.6) is 0 Å². The smallest absolute Gasteiger partial charge is 0.230 e. The Hall–Kier alpha value is -1.11. The van der Waals surface area contributed by atoms with E-state index >= 15 is 0 Å². The maximum atomic E-state index is 12.5. The fourth-order valence-electron chi connectivity index (χ4n) is 3.28. The molecule has 7 heteroatoms. The lowest BCUT2D eigenvalue weighted by Gasteiger charge is -2.44. The van der Waals surface area contributed by atoms with E-state index in [0.29, 0.717) is 5.82 Å². The van der Waals surface area contributed by atoms with E-state index in [9.17, 15) is 4.79 Å². The zero-order valence-corrected chi connectivity index (χ0v) is 13.0. The Balaban J connectivity index is 1.75. The third-order valence-electron chi connectivity index (χ3n) is 4.28. The summed E-state index contributed by atoms with van der Waals surface area (Å²) in [6, 6.07) is -0.0637. The van der Waals surface area contributed by atoms with Gasteiger partial charge in [-0.25, -0.2) is 0 Å². The minimum absolute atomic E-state index is 0.0637. The van der Waals surface area contributed by atoms with Crippen LogP contribution in [0, 0.1) is 5.92 Å². The van der Waals surface area contributed by atoms with Gasteiger partial charge in [-0.1, -0.05) is 31.4 Å². The van der Waals surface area contributed by atoms with Gasteiger partial charge in [0.1, 0.15) is 6.04 Å². The number of tetrazole rings is 1. The molecule has 6 nitrogen and oxygen atoms in total. The van der Waals surface area contributed by atoms with Gasteiger partial charge in [0.2, 0.25) is 5.91 Å². The molecule has 0 bridgehead atoms. The lowest BCUT2D eigenvalue weighted by molar-refractivity contribution is -0.154. The van der Waals surface area contributed by atoms with Crippen molar-refractivity contribution in [1.82, 2.24) is 25.5 Å². The summed E-state index contributed by atoms with van der Waals surface area (Å²) < 4.78 is -0.0658. The van der Waals surface area contributed by atoms with Gasteiger partial charge in [-0.3, -0.25) is 4.79 Å². The molecule has 1 N–H and O–H groups in total. The molecule has 0 spiro atoms. The number of aromatic amines is 1. The molecule has 3 rings (SSSR count). The standard InChI is InChI=1S/C13H21N5OS/c1-4-5-6-7-8-11(19)18-9(10-14-16-17-15-10)13(2,3)20-12(8)18/h8-9,12H,4-7H2,1-3H3,(H,14,15,16,17)/t8?,9?,12-/m0/s1. The maximum absolute atomic E-state index is 12.5. The predicted molar refractivity (Wildman–Crippen MR) is 76.9 cm³/mol. The van der Waals surface area contributed by atoms with Gasteiger partial charge in [-0.15, -0.1) is 22.0 Å². The summed E-state index contributed by atoms with van der Waals surface area (Å²) in [4.78, 5) is 14.4. The number of carbonyl (C=O) groups excluding carboxylic acids is 1. The third-order valence-corrected chi connectivity index (χ3v) is 5.90. The summed E-state index contributed by atoms with van der Waals surface area (Å²) in [6.07, 6.45) is 4.55. The van der Waals surface area contributed by atoms with Crippen LogP contribution in [0.3, 0.4) is 0 Å². The summed E-state index contributed by atoms with van der Waals surface area (Å²) in [6.45, 7) is 6.51. The average molecular weight is 295 g/mol. The third kappa shape index (κ3) is 2.03. The molecular formula is C13H21N5OS. The Labute approximate surface area is 123 Å². The first kappa shape index (κ1) is 13.9. The molecule has 2 aliphatic heterocycles. The van der Waals surface area contributed by atoms with Crippen LogP contribution in [0.1, 0.15) is 58.3 Å². The second-order valence-electron chi connectivity index (χ2n) is 6.13. The van der Waals surface area contributed by atoms with Crippen LogP contribution >= 0.6 is 11.8 Å². The highest BCUT2D eigenvalue weighted by Gasteiger charge is 2.62. The molecule has 2 aliphatic rings. The molecule has 2 unspecified atom stereocenters. The number of H-pyrrole nitrogens is 1. The molecule has 2 saturated heterocycles. The Morgan fingerprint density at radius 1 is 1.40 bits per heavy atom. The van der Waals surface area contributed by atoms with Crippen molar-refractivity contribution in [2.75, 3.05) is 0 Å². The molecule has 1 aromatic rings. The zero-order valence-electron chi connectivity index (χ0n) is 12.2. The summed E-state index contributed by atoms with van der Waals surface area (Å²) in [7, 11) is 0. The van der Waals surface area contributed by atoms with Gasteiger partial charge in [-0.05, 0) is 20.3 Å². The molecule has 0 saturated carbocycles. The van der Waals surface area contributed by atoms with E-state index in [-0.39, 0.29) is 28.0 Å². The highest BCUT2D eigenvalue weighted by Crippen LogP contribution is 2.59. The number of unbranched alkanes of at least 4 members (excludes halogenated alkanes) is 2. The number of carbonyl (C=O) groups is 1. The second kappa shape index (κ2) is 5.02. The minimum atomic E-state index is -0.0658. The predicted octanol–water partition coefficient (Wildman–Crippen LogP) is 2.13. The molecule has 0 radical (unpaired) electrons. The Kier molecular flexibility index (Phi) is 3.48. The summed E-state index contributed by atoms with van der Waals surface area (Å²) in [5.74, 6) is 1.08. The average Bonchev–Trinajstić information content (AvgIpc) is 2.99. The van der Waals surface area contributed by atoms with Crippen molar-refractivity contribution >= 4 is 17.7 Å². The van der Waals surface area contributed by atoms with Gasteiger partial charge in [0.25, 0.3) is 0 Å². The lowest BCUT2D eigenvalue weighted by Crippen LogP contribution is -2.57. The second-order valence-corrected chi connectivity index (χ2v) is 7.90. The molecule has 2 fully saturated rings. The van der Waals surface area contributed by atoms with Crippen molar-refractivity contribution < 1.29 is 4.79 Å². The van der Waals surface area contributed by atoms with Gasteiger partial charge in [0, 0.05) is 4.75 Å². The number of thioether (sulfide) groups is 1. The number of aromatic nitrogens is 4. The Morgan fingerprint density at radius 3 is 2.85 bits per heavy atom. The van der Waals surface area contributed by atoms with Crippen molar-refractivity contribution in [3.63, 3.8) is 0 Å². The van der Waals surface area contributed by atoms with Crippen molar-refractivity contribution in [3.8, 4) is 0 Å². The fraction of sp³-hybridized carbons (Fsp3) is 0.846. The number of hydrogen-bond donors (Lipinski definition) is 1. The van der Waals surface area contributed by atoms with Crippen LogP contribution in [-0.2, 0) is 4.79 Å². The van der Waals surface area contributed by atoms with Crippen LogP contribution in [0.25, 0.3) is 0 Å². The molecule has 1 aromatic heterocycles. The normalized spacial score (nSPS) is 31.2. The fourth-order valence-corrected chi connectivity index (χ4v) is 5.00. The number of β-lactam (4-membered cyclic amide) rings is 1. The first-order valence-electron chi connectivity index (χ1n) is 7.29. The van der Waals surface area contributed by atoms with Gasteiger partial charge in [0.15, 0.2) is 5.82 Å². The van der Waals surface area contributed by atoms with Crippen LogP contribution in [0.4, 0.5) is 0 Å². The van der Waals surface area contributed by atoms with E-state index < -0.39 is 0 Å². The molecular weight excluding hydrogens is 274 g/mol. The number of rotatable bonds is 5. The van der Waals surface area contributed by atoms with Gasteiger partial charge in [0.05, 0.1) is 11.3 Å². The first-order valence-corrected chi connectivity index (χ1v) is 8.17. The van der Waals surface area contributed by atoms with E-state index in [4.69, 9.17) is 0 Å². The lowest BCUT2D eigenvalue weighted by atomic mass is 9.88. The first-order chi connectivity index (χ1) is 9.56.